The predicted octanol–water partition coefficient (Wildman–Crippen LogP) is -0.386. The quantitative estimate of drug-likeness (QED) is 0.539. The molecule has 0 amide bonds. The summed E-state index contributed by atoms with van der Waals surface area (Å²) in [6.07, 6.45) is -1.63. The first-order valence-electron chi connectivity index (χ1n) is 2.28. The summed E-state index contributed by atoms with van der Waals surface area (Å²) < 4.78 is 23.3. The number of halogens is 2. The number of rotatable bonds is 3. The van der Waals surface area contributed by atoms with Crippen LogP contribution in [0, 0.1) is 0 Å². The molecule has 0 saturated carbocycles. The zero-order valence-electron chi connectivity index (χ0n) is 4.35. The normalized spacial score (nSPS) is 18.0. The fraction of sp³-hybridized carbons (Fsp3) is 1.00. The summed E-state index contributed by atoms with van der Waals surface area (Å²) in [4.78, 5) is 0. The first kappa shape index (κ1) is 7.78. The van der Waals surface area contributed by atoms with Crippen molar-refractivity contribution in [2.24, 2.45) is 5.73 Å². The largest absolute Gasteiger partial charge is 0.393 e. The van der Waals surface area contributed by atoms with E-state index in [2.05, 4.69) is 0 Å². The average Bonchev–Trinajstić information content (AvgIpc) is 1.84. The van der Waals surface area contributed by atoms with E-state index >= 15 is 0 Å². The number of alkyl halides is 2. The molecule has 0 aromatic heterocycles. The number of hydrogen-bond donors (Lipinski definition) is 2. The molecule has 0 rings (SSSR count). The van der Waals surface area contributed by atoms with Gasteiger partial charge in [-0.2, -0.15) is 0 Å². The number of aliphatic hydroxyl groups is 1. The molecular formula is C4H9F2NO. The van der Waals surface area contributed by atoms with Crippen LogP contribution in [0.1, 0.15) is 0 Å². The molecule has 0 aromatic carbocycles. The van der Waals surface area contributed by atoms with Gasteiger partial charge in [-0.1, -0.05) is 0 Å². The molecule has 0 fully saturated rings. The minimum atomic E-state index is -1.63. The summed E-state index contributed by atoms with van der Waals surface area (Å²) in [7, 11) is 0. The minimum Gasteiger partial charge on any atom is -0.393 e. The maximum Gasteiger partial charge on any atom is 0.141 e. The van der Waals surface area contributed by atoms with Crippen LogP contribution in [0.3, 0.4) is 0 Å². The number of aliphatic hydroxyl groups excluding tert-OH is 1. The summed E-state index contributed by atoms with van der Waals surface area (Å²) in [6, 6.07) is -1.17. The summed E-state index contributed by atoms with van der Waals surface area (Å²) in [5.74, 6) is 0. The maximum absolute atomic E-state index is 11.9. The van der Waals surface area contributed by atoms with E-state index in [1.165, 1.54) is 0 Å². The molecule has 8 heavy (non-hydrogen) atoms. The van der Waals surface area contributed by atoms with Crippen LogP contribution in [-0.2, 0) is 0 Å². The molecule has 0 radical (unpaired) electrons. The zero-order valence-corrected chi connectivity index (χ0v) is 4.35. The monoisotopic (exact) mass is 125 g/mol. The van der Waals surface area contributed by atoms with Gasteiger partial charge in [0.1, 0.15) is 12.8 Å². The van der Waals surface area contributed by atoms with Crippen molar-refractivity contribution in [3.8, 4) is 0 Å². The lowest BCUT2D eigenvalue weighted by Gasteiger charge is -2.08. The highest BCUT2D eigenvalue weighted by atomic mass is 19.1. The smallest absolute Gasteiger partial charge is 0.141 e. The standard InChI is InChI=1S/C4H9F2NO/c5-1-4(7)3(6)2-8/h3-4,8H,1-2,7H2. The third-order valence-electron chi connectivity index (χ3n) is 0.817. The minimum absolute atomic E-state index is 0.703. The van der Waals surface area contributed by atoms with Crippen LogP contribution in [0.25, 0.3) is 0 Å². The Bertz CT molecular complexity index is 54.0. The lowest BCUT2D eigenvalue weighted by atomic mass is 10.2. The Morgan fingerprint density at radius 3 is 2.25 bits per heavy atom. The topological polar surface area (TPSA) is 46.2 Å². The second-order valence-corrected chi connectivity index (χ2v) is 1.52. The van der Waals surface area contributed by atoms with Gasteiger partial charge in [0.2, 0.25) is 0 Å². The molecule has 0 spiro atoms. The lowest BCUT2D eigenvalue weighted by molar-refractivity contribution is 0.144. The van der Waals surface area contributed by atoms with Crippen molar-refractivity contribution in [2.45, 2.75) is 12.2 Å². The molecule has 0 aliphatic carbocycles. The Kier molecular flexibility index (Phi) is 3.64. The third kappa shape index (κ3) is 2.18. The second kappa shape index (κ2) is 3.74. The highest BCUT2D eigenvalue weighted by Crippen LogP contribution is 1.94. The molecule has 4 heteroatoms. The van der Waals surface area contributed by atoms with E-state index in [0.717, 1.165) is 0 Å². The van der Waals surface area contributed by atoms with Gasteiger partial charge in [-0.15, -0.1) is 0 Å². The van der Waals surface area contributed by atoms with Crippen molar-refractivity contribution >= 4 is 0 Å². The van der Waals surface area contributed by atoms with Crippen LogP contribution in [0.2, 0.25) is 0 Å². The molecule has 3 N–H and O–H groups in total. The van der Waals surface area contributed by atoms with Gasteiger partial charge in [0.15, 0.2) is 0 Å². The molecule has 0 saturated heterocycles. The number of hydrogen-bond acceptors (Lipinski definition) is 2. The third-order valence-corrected chi connectivity index (χ3v) is 0.817. The molecule has 2 nitrogen and oxygen atoms in total. The average molecular weight is 125 g/mol. The van der Waals surface area contributed by atoms with E-state index in [-0.39, 0.29) is 0 Å². The Morgan fingerprint density at radius 1 is 1.62 bits per heavy atom. The molecule has 2 atom stereocenters. The van der Waals surface area contributed by atoms with Crippen LogP contribution in [0.5, 0.6) is 0 Å². The van der Waals surface area contributed by atoms with Gasteiger partial charge < -0.3 is 10.8 Å². The second-order valence-electron chi connectivity index (χ2n) is 1.52. The van der Waals surface area contributed by atoms with Gasteiger partial charge in [0.05, 0.1) is 12.6 Å². The Morgan fingerprint density at radius 2 is 2.12 bits per heavy atom. The predicted molar refractivity (Wildman–Crippen MR) is 25.9 cm³/mol. The van der Waals surface area contributed by atoms with E-state index in [4.69, 9.17) is 10.8 Å². The van der Waals surface area contributed by atoms with Crippen molar-refractivity contribution in [1.29, 1.82) is 0 Å². The lowest BCUT2D eigenvalue weighted by Crippen LogP contribution is -2.35. The van der Waals surface area contributed by atoms with Crippen molar-refractivity contribution in [1.82, 2.24) is 0 Å². The molecule has 0 aromatic rings. The fourth-order valence-electron chi connectivity index (χ4n) is 0.232. The van der Waals surface area contributed by atoms with Gasteiger partial charge >= 0.3 is 0 Å². The van der Waals surface area contributed by atoms with Gasteiger partial charge in [0, 0.05) is 0 Å². The van der Waals surface area contributed by atoms with Crippen LogP contribution in [-0.4, -0.2) is 30.6 Å². The SMILES string of the molecule is NC(CF)C(F)CO. The molecule has 50 valence electrons. The highest BCUT2D eigenvalue weighted by molar-refractivity contribution is 4.69. The van der Waals surface area contributed by atoms with Gasteiger partial charge in [-0.25, -0.2) is 8.78 Å². The molecule has 0 aliphatic rings. The van der Waals surface area contributed by atoms with Crippen LogP contribution in [0.15, 0.2) is 0 Å². The van der Waals surface area contributed by atoms with E-state index in [1.807, 2.05) is 0 Å². The van der Waals surface area contributed by atoms with Gasteiger partial charge in [-0.05, 0) is 0 Å². The maximum atomic E-state index is 11.9. The molecular weight excluding hydrogens is 116 g/mol. The van der Waals surface area contributed by atoms with Gasteiger partial charge in [0.25, 0.3) is 0 Å². The highest BCUT2D eigenvalue weighted by Gasteiger charge is 2.13. The summed E-state index contributed by atoms with van der Waals surface area (Å²) in [6.45, 7) is -1.63. The van der Waals surface area contributed by atoms with Crippen LogP contribution < -0.4 is 5.73 Å². The Labute approximate surface area is 46.3 Å². The van der Waals surface area contributed by atoms with Crippen molar-refractivity contribution in [3.05, 3.63) is 0 Å². The first-order valence-corrected chi connectivity index (χ1v) is 2.28. The van der Waals surface area contributed by atoms with E-state index in [1.54, 1.807) is 0 Å². The zero-order chi connectivity index (χ0) is 6.57. The fourth-order valence-corrected chi connectivity index (χ4v) is 0.232. The summed E-state index contributed by atoms with van der Waals surface area (Å²) in [5.41, 5.74) is 4.82. The molecule has 2 unspecified atom stereocenters. The van der Waals surface area contributed by atoms with Gasteiger partial charge in [-0.3, -0.25) is 0 Å². The van der Waals surface area contributed by atoms with Crippen LogP contribution in [0.4, 0.5) is 8.78 Å². The molecule has 0 bridgehead atoms. The Hall–Kier alpha value is -0.220. The van der Waals surface area contributed by atoms with Crippen LogP contribution >= 0.6 is 0 Å². The number of nitrogens with two attached hydrogens (primary N) is 1. The summed E-state index contributed by atoms with van der Waals surface area (Å²) in [5, 5.41) is 8.01. The van der Waals surface area contributed by atoms with E-state index in [9.17, 15) is 8.78 Å². The van der Waals surface area contributed by atoms with Crippen molar-refractivity contribution < 1.29 is 13.9 Å². The Balaban J connectivity index is 3.29. The van der Waals surface area contributed by atoms with Crippen molar-refractivity contribution in [3.63, 3.8) is 0 Å². The van der Waals surface area contributed by atoms with Crippen molar-refractivity contribution in [2.75, 3.05) is 13.3 Å². The van der Waals surface area contributed by atoms with E-state index in [0.29, 0.717) is 0 Å². The molecule has 0 aliphatic heterocycles. The summed E-state index contributed by atoms with van der Waals surface area (Å²) >= 11 is 0. The molecule has 0 heterocycles. The first-order chi connectivity index (χ1) is 3.72. The van der Waals surface area contributed by atoms with E-state index < -0.39 is 25.5 Å².